The number of ether oxygens (including phenoxy) is 1. The van der Waals surface area contributed by atoms with Gasteiger partial charge in [-0.1, -0.05) is 35.9 Å². The molecule has 14 heteroatoms. The highest BCUT2D eigenvalue weighted by Gasteiger charge is 2.32. The maximum atomic E-state index is 16.9. The lowest BCUT2D eigenvalue weighted by atomic mass is 10.0. The van der Waals surface area contributed by atoms with E-state index in [1.807, 2.05) is 18.9 Å². The number of hydrogen-bond donors (Lipinski definition) is 2. The van der Waals surface area contributed by atoms with E-state index in [1.54, 1.807) is 18.2 Å². The van der Waals surface area contributed by atoms with Gasteiger partial charge in [0.15, 0.2) is 17.5 Å². The zero-order chi connectivity index (χ0) is 32.0. The summed E-state index contributed by atoms with van der Waals surface area (Å²) in [6.45, 7) is 5.07. The highest BCUT2D eigenvalue weighted by molar-refractivity contribution is 6.34. The third kappa shape index (κ3) is 5.77. The van der Waals surface area contributed by atoms with Gasteiger partial charge in [0.05, 0.1) is 16.3 Å². The molecule has 6 rings (SSSR count). The van der Waals surface area contributed by atoms with Crippen molar-refractivity contribution in [3.8, 4) is 17.3 Å². The van der Waals surface area contributed by atoms with E-state index in [4.69, 9.17) is 21.3 Å². The number of anilines is 2. The van der Waals surface area contributed by atoms with Crippen molar-refractivity contribution in [3.63, 3.8) is 0 Å². The highest BCUT2D eigenvalue weighted by Crippen LogP contribution is 2.42. The van der Waals surface area contributed by atoms with Gasteiger partial charge in [-0.3, -0.25) is 4.79 Å². The molecule has 0 spiro atoms. The molecule has 2 aromatic heterocycles. The van der Waals surface area contributed by atoms with Gasteiger partial charge in [0, 0.05) is 54.8 Å². The van der Waals surface area contributed by atoms with Crippen LogP contribution in [0.2, 0.25) is 5.02 Å². The number of rotatable bonds is 6. The number of carboxylic acid groups (broad SMARTS) is 1. The number of amides is 2. The monoisotopic (exact) mass is 639 g/mol. The van der Waals surface area contributed by atoms with Gasteiger partial charge in [-0.25, -0.2) is 18.6 Å². The summed E-state index contributed by atoms with van der Waals surface area (Å²) in [5.74, 6) is -2.12. The molecule has 2 atom stereocenters. The third-order valence-electron chi connectivity index (χ3n) is 8.47. The standard InChI is InChI=1S/C31H32ClF2N7O4/c1-16-14-40(31(43)44)11-12-41(16)29-21-13-22(32)23(25(34)27(21)37-30(38-29)45-15-18-7-6-10-39(18)3)26-20-9-5-4-8-19(20)24(33)28(36-26)35-17(2)42/h4-5,8-9,13,16,18H,6-7,10-12,14-15H2,1-3H3,(H,43,44)(H,35,36,42)/t16-,18?/m0/s1. The van der Waals surface area contributed by atoms with Gasteiger partial charge in [-0.2, -0.15) is 9.97 Å². The molecule has 2 aliphatic heterocycles. The van der Waals surface area contributed by atoms with Gasteiger partial charge in [0.2, 0.25) is 5.91 Å². The Bertz CT molecular complexity index is 1830. The van der Waals surface area contributed by atoms with Gasteiger partial charge >= 0.3 is 12.1 Å². The fourth-order valence-corrected chi connectivity index (χ4v) is 6.42. The molecule has 2 fully saturated rings. The van der Waals surface area contributed by atoms with Gasteiger partial charge in [-0.05, 0) is 39.4 Å². The molecule has 0 saturated carbocycles. The maximum Gasteiger partial charge on any atom is 0.407 e. The number of nitrogens with one attached hydrogen (secondary N) is 1. The molecule has 1 unspecified atom stereocenters. The second-order valence-electron chi connectivity index (χ2n) is 11.5. The Morgan fingerprint density at radius 3 is 2.51 bits per heavy atom. The first kappa shape index (κ1) is 30.7. The number of carbonyl (C=O) groups excluding carboxylic acids is 1. The van der Waals surface area contributed by atoms with Crippen molar-refractivity contribution in [2.45, 2.75) is 38.8 Å². The summed E-state index contributed by atoms with van der Waals surface area (Å²) in [6, 6.07) is 7.76. The van der Waals surface area contributed by atoms with E-state index in [2.05, 4.69) is 20.2 Å². The summed E-state index contributed by atoms with van der Waals surface area (Å²) >= 11 is 6.80. The van der Waals surface area contributed by atoms with E-state index in [-0.39, 0.29) is 69.6 Å². The number of fused-ring (bicyclic) bond motifs is 2. The molecule has 2 amide bonds. The Morgan fingerprint density at radius 2 is 1.84 bits per heavy atom. The molecular formula is C31H32ClF2N7O4. The number of likely N-dealkylation sites (N-methyl/N-ethyl adjacent to an activating group) is 1. The molecule has 236 valence electrons. The first-order valence-electron chi connectivity index (χ1n) is 14.7. The summed E-state index contributed by atoms with van der Waals surface area (Å²) < 4.78 is 38.3. The minimum Gasteiger partial charge on any atom is -0.465 e. The molecule has 11 nitrogen and oxygen atoms in total. The zero-order valence-electron chi connectivity index (χ0n) is 25.0. The number of piperazine rings is 1. The van der Waals surface area contributed by atoms with E-state index >= 15 is 8.78 Å². The topological polar surface area (TPSA) is 124 Å². The smallest absolute Gasteiger partial charge is 0.407 e. The number of hydrogen-bond acceptors (Lipinski definition) is 8. The van der Waals surface area contributed by atoms with Gasteiger partial charge < -0.3 is 29.9 Å². The Hall–Kier alpha value is -4.36. The summed E-state index contributed by atoms with van der Waals surface area (Å²) in [5, 5.41) is 12.6. The number of nitrogens with zero attached hydrogens (tertiary/aromatic N) is 6. The van der Waals surface area contributed by atoms with E-state index < -0.39 is 23.6 Å². The second kappa shape index (κ2) is 12.2. The van der Waals surface area contributed by atoms with Crippen LogP contribution in [0.1, 0.15) is 26.7 Å². The third-order valence-corrected chi connectivity index (χ3v) is 8.77. The molecule has 0 aliphatic carbocycles. The predicted molar refractivity (Wildman–Crippen MR) is 167 cm³/mol. The first-order chi connectivity index (χ1) is 21.5. The predicted octanol–water partition coefficient (Wildman–Crippen LogP) is 5.40. The minimum atomic E-state index is -1.02. The van der Waals surface area contributed by atoms with E-state index in [1.165, 1.54) is 24.0 Å². The molecule has 2 aromatic carbocycles. The SMILES string of the molecule is CC(=O)Nc1nc(-c2c(Cl)cc3c(N4CCN(C(=O)O)C[C@@H]4C)nc(OCC4CCCN4C)nc3c2F)c2ccccc2c1F. The minimum absolute atomic E-state index is 0.0267. The molecule has 2 N–H and O–H groups in total. The van der Waals surface area contributed by atoms with Crippen molar-refractivity contribution in [1.82, 2.24) is 24.8 Å². The number of benzene rings is 2. The van der Waals surface area contributed by atoms with Crippen molar-refractivity contribution >= 4 is 56.9 Å². The number of halogens is 3. The van der Waals surface area contributed by atoms with Crippen molar-refractivity contribution < 1.29 is 28.2 Å². The molecule has 2 aliphatic rings. The fourth-order valence-electron chi connectivity index (χ4n) is 6.14. The van der Waals surface area contributed by atoms with Crippen LogP contribution < -0.4 is 15.0 Å². The fraction of sp³-hybridized carbons (Fsp3) is 0.387. The van der Waals surface area contributed by atoms with E-state index in [0.29, 0.717) is 24.4 Å². The van der Waals surface area contributed by atoms with Crippen LogP contribution in [0.5, 0.6) is 6.01 Å². The summed E-state index contributed by atoms with van der Waals surface area (Å²) in [4.78, 5) is 42.4. The quantitative estimate of drug-likeness (QED) is 0.286. The van der Waals surface area contributed by atoms with Crippen LogP contribution in [0.4, 0.5) is 25.2 Å². The zero-order valence-corrected chi connectivity index (χ0v) is 25.7. The van der Waals surface area contributed by atoms with Crippen LogP contribution in [0.25, 0.3) is 32.9 Å². The van der Waals surface area contributed by atoms with Gasteiger partial charge in [0.25, 0.3) is 0 Å². The average Bonchev–Trinajstić information content (AvgIpc) is 3.42. The van der Waals surface area contributed by atoms with E-state index in [9.17, 15) is 14.7 Å². The molecular weight excluding hydrogens is 608 g/mol. The number of pyridine rings is 1. The first-order valence-corrected chi connectivity index (χ1v) is 15.0. The lowest BCUT2D eigenvalue weighted by Crippen LogP contribution is -2.53. The molecule has 4 aromatic rings. The van der Waals surface area contributed by atoms with Crippen LogP contribution >= 0.6 is 11.6 Å². The van der Waals surface area contributed by atoms with Crippen molar-refractivity contribution in [2.24, 2.45) is 0 Å². The molecule has 2 saturated heterocycles. The highest BCUT2D eigenvalue weighted by atomic mass is 35.5. The normalized spacial score (nSPS) is 19.0. The number of carbonyl (C=O) groups is 2. The number of aromatic nitrogens is 3. The average molecular weight is 640 g/mol. The molecule has 4 heterocycles. The van der Waals surface area contributed by atoms with Gasteiger partial charge in [-0.15, -0.1) is 0 Å². The van der Waals surface area contributed by atoms with Crippen LogP contribution in [-0.2, 0) is 4.79 Å². The largest absolute Gasteiger partial charge is 0.465 e. The lowest BCUT2D eigenvalue weighted by molar-refractivity contribution is -0.114. The van der Waals surface area contributed by atoms with E-state index in [0.717, 1.165) is 19.4 Å². The molecule has 0 radical (unpaired) electrons. The number of likely N-dealkylation sites (tertiary alicyclic amines) is 1. The van der Waals surface area contributed by atoms with Crippen molar-refractivity contribution in [2.75, 3.05) is 50.1 Å². The van der Waals surface area contributed by atoms with Crippen LogP contribution in [-0.4, -0.2) is 93.8 Å². The van der Waals surface area contributed by atoms with Crippen LogP contribution in [0.15, 0.2) is 30.3 Å². The Morgan fingerprint density at radius 1 is 1.09 bits per heavy atom. The Balaban J connectivity index is 1.53. The summed E-state index contributed by atoms with van der Waals surface area (Å²) in [6.07, 6.45) is 0.962. The second-order valence-corrected chi connectivity index (χ2v) is 11.9. The Kier molecular flexibility index (Phi) is 8.31. The Labute approximate surface area is 262 Å². The van der Waals surface area contributed by atoms with Crippen molar-refractivity contribution in [3.05, 3.63) is 47.0 Å². The molecule has 45 heavy (non-hydrogen) atoms. The molecule has 0 bridgehead atoms. The van der Waals surface area contributed by atoms with Crippen molar-refractivity contribution in [1.29, 1.82) is 0 Å². The van der Waals surface area contributed by atoms with Crippen LogP contribution in [0, 0.1) is 11.6 Å². The maximum absolute atomic E-state index is 16.9. The van der Waals surface area contributed by atoms with Gasteiger partial charge in [0.1, 0.15) is 17.9 Å². The summed E-state index contributed by atoms with van der Waals surface area (Å²) in [7, 11) is 2.01. The summed E-state index contributed by atoms with van der Waals surface area (Å²) in [5.41, 5.74) is -0.182. The lowest BCUT2D eigenvalue weighted by Gasteiger charge is -2.39. The van der Waals surface area contributed by atoms with Crippen LogP contribution in [0.3, 0.4) is 0 Å².